The Bertz CT molecular complexity index is 4980. The molecular formula is C74H43Cl4F3N14. The van der Waals surface area contributed by atoms with Gasteiger partial charge in [0.05, 0.1) is 23.3 Å². The molecule has 0 radical (unpaired) electrons. The second-order valence-electron chi connectivity index (χ2n) is 20.1. The maximum absolute atomic E-state index is 12.9. The number of nitrogens with zero attached hydrogens (tertiary/aromatic N) is 14. The lowest BCUT2D eigenvalue weighted by molar-refractivity contribution is 0.534. The van der Waals surface area contributed by atoms with E-state index in [0.717, 1.165) is 44.5 Å². The molecule has 0 N–H and O–H groups in total. The van der Waals surface area contributed by atoms with E-state index in [2.05, 4.69) is 134 Å². The molecular weight excluding hydrogens is 1280 g/mol. The first kappa shape index (κ1) is 64.7. The highest BCUT2D eigenvalue weighted by molar-refractivity contribution is 6.29. The molecule has 14 nitrogen and oxygen atoms in total. The minimum atomic E-state index is -0.871. The Balaban J connectivity index is 0.000000137. The van der Waals surface area contributed by atoms with Crippen molar-refractivity contribution in [1.82, 2.24) is 59.8 Å². The highest BCUT2D eigenvalue weighted by atomic mass is 35.5. The van der Waals surface area contributed by atoms with Gasteiger partial charge in [0, 0.05) is 38.9 Å². The van der Waals surface area contributed by atoms with Crippen LogP contribution in [0.3, 0.4) is 0 Å². The summed E-state index contributed by atoms with van der Waals surface area (Å²) in [6.07, 6.45) is -0.871. The van der Waals surface area contributed by atoms with Gasteiger partial charge in [0.1, 0.15) is 11.6 Å². The lowest BCUT2D eigenvalue weighted by Crippen LogP contribution is -1.99. The number of hydrogen-bond donors (Lipinski definition) is 0. The summed E-state index contributed by atoms with van der Waals surface area (Å²) in [5, 5.41) is 18.1. The highest BCUT2D eigenvalue weighted by Crippen LogP contribution is 2.36. The molecule has 95 heavy (non-hydrogen) atoms. The lowest BCUT2D eigenvalue weighted by atomic mass is 9.94. The van der Waals surface area contributed by atoms with Crippen LogP contribution in [0.4, 0.5) is 13.2 Å². The van der Waals surface area contributed by atoms with Crippen molar-refractivity contribution in [2.24, 2.45) is 0 Å². The van der Waals surface area contributed by atoms with Crippen LogP contribution in [0.5, 0.6) is 0 Å². The highest BCUT2D eigenvalue weighted by Gasteiger charge is 2.18. The van der Waals surface area contributed by atoms with E-state index in [1.54, 1.807) is 84.9 Å². The first-order valence-corrected chi connectivity index (χ1v) is 30.1. The van der Waals surface area contributed by atoms with Crippen LogP contribution < -0.4 is 0 Å². The van der Waals surface area contributed by atoms with Gasteiger partial charge in [-0.15, -0.1) is 0 Å². The number of nitriles is 2. The van der Waals surface area contributed by atoms with Crippen molar-refractivity contribution in [3.8, 4) is 125 Å². The monoisotopic (exact) mass is 1320 g/mol. The van der Waals surface area contributed by atoms with Crippen molar-refractivity contribution in [2.45, 2.75) is 0 Å². The second kappa shape index (κ2) is 31.0. The van der Waals surface area contributed by atoms with E-state index < -0.39 is 6.08 Å². The Labute approximate surface area is 562 Å². The van der Waals surface area contributed by atoms with Crippen LogP contribution in [0.2, 0.25) is 21.1 Å². The predicted octanol–water partition coefficient (Wildman–Crippen LogP) is 18.9. The molecule has 14 rings (SSSR count). The van der Waals surface area contributed by atoms with E-state index in [-0.39, 0.29) is 38.6 Å². The van der Waals surface area contributed by atoms with E-state index in [0.29, 0.717) is 73.9 Å². The zero-order chi connectivity index (χ0) is 66.0. The third-order valence-electron chi connectivity index (χ3n) is 13.9. The summed E-state index contributed by atoms with van der Waals surface area (Å²) in [6, 6.07) is 83.9. The molecule has 4 aromatic heterocycles. The minimum absolute atomic E-state index is 0.0173. The van der Waals surface area contributed by atoms with Crippen molar-refractivity contribution in [3.63, 3.8) is 0 Å². The summed E-state index contributed by atoms with van der Waals surface area (Å²) in [7, 11) is 0. The third-order valence-corrected chi connectivity index (χ3v) is 14.6. The molecule has 0 amide bonds. The van der Waals surface area contributed by atoms with Crippen molar-refractivity contribution in [2.75, 3.05) is 0 Å². The summed E-state index contributed by atoms with van der Waals surface area (Å²) in [5.74, 6) is 2.00. The minimum Gasteiger partial charge on any atom is -0.208 e. The molecule has 0 saturated heterocycles. The Morgan fingerprint density at radius 1 is 0.242 bits per heavy atom. The predicted molar refractivity (Wildman–Crippen MR) is 363 cm³/mol. The van der Waals surface area contributed by atoms with Gasteiger partial charge >= 0.3 is 6.08 Å². The summed E-state index contributed by atoms with van der Waals surface area (Å²) in [5.41, 5.74) is 12.6. The van der Waals surface area contributed by atoms with Crippen molar-refractivity contribution < 1.29 is 13.2 Å². The molecule has 0 aliphatic heterocycles. The summed E-state index contributed by atoms with van der Waals surface area (Å²) in [6.45, 7) is 0. The Morgan fingerprint density at radius 2 is 0.589 bits per heavy atom. The van der Waals surface area contributed by atoms with Crippen molar-refractivity contribution in [1.29, 1.82) is 10.5 Å². The fraction of sp³-hybridized carbons (Fsp3) is 0. The molecule has 14 aromatic rings. The number of halogens is 7. The van der Waals surface area contributed by atoms with Crippen molar-refractivity contribution >= 4 is 46.4 Å². The van der Waals surface area contributed by atoms with Gasteiger partial charge in [-0.3, -0.25) is 0 Å². The fourth-order valence-corrected chi connectivity index (χ4v) is 10.0. The molecule has 10 aromatic carbocycles. The zero-order valence-electron chi connectivity index (χ0n) is 49.2. The van der Waals surface area contributed by atoms with E-state index in [1.807, 2.05) is 84.9 Å². The quantitative estimate of drug-likeness (QED) is 0.125. The van der Waals surface area contributed by atoms with Crippen molar-refractivity contribution in [3.05, 3.63) is 311 Å². The molecule has 0 saturated carbocycles. The van der Waals surface area contributed by atoms with Crippen LogP contribution in [0, 0.1) is 40.4 Å². The van der Waals surface area contributed by atoms with E-state index in [4.69, 9.17) is 56.6 Å². The fourth-order valence-electron chi connectivity index (χ4n) is 9.39. The normalized spacial score (nSPS) is 10.5. The van der Waals surface area contributed by atoms with Gasteiger partial charge in [0.2, 0.25) is 21.1 Å². The first-order chi connectivity index (χ1) is 46.3. The average Bonchev–Trinajstić information content (AvgIpc) is 0.875. The summed E-state index contributed by atoms with van der Waals surface area (Å²) in [4.78, 5) is 49.4. The molecule has 0 fully saturated rings. The molecule has 0 spiro atoms. The Kier molecular flexibility index (Phi) is 21.1. The van der Waals surface area contributed by atoms with Gasteiger partial charge in [0.15, 0.2) is 40.8 Å². The van der Waals surface area contributed by atoms with Crippen LogP contribution in [-0.2, 0) is 0 Å². The zero-order valence-corrected chi connectivity index (χ0v) is 52.3. The average molecular weight is 1330 g/mol. The lowest BCUT2D eigenvalue weighted by Gasteiger charge is -2.13. The molecule has 0 aliphatic rings. The number of benzene rings is 10. The van der Waals surface area contributed by atoms with Gasteiger partial charge in [-0.25, -0.2) is 23.7 Å². The SMILES string of the molecule is Clc1nc(-c2cccc(-c3ccccc3)c2)nc(-c2ccc(-c3ccccc3)cc2-c2ccccc2)n1.Fc1ccc(-c2nc(Cl)nc(-c3ccc(F)cc3)n2)cc1.Fc1nc(Cl)nc(-c2ccccc2)n1.N#Cc1ccc(-c2nc(Cl)nc(-c3ccccc3C#N)n2)cc1. The largest absolute Gasteiger partial charge is 0.313 e. The molecule has 21 heteroatoms. The van der Waals surface area contributed by atoms with Crippen LogP contribution in [0.1, 0.15) is 11.1 Å². The molecule has 0 unspecified atom stereocenters. The second-order valence-corrected chi connectivity index (χ2v) is 21.5. The topological polar surface area (TPSA) is 202 Å². The third kappa shape index (κ3) is 17.0. The molecule has 0 atom stereocenters. The first-order valence-electron chi connectivity index (χ1n) is 28.6. The van der Waals surface area contributed by atoms with Gasteiger partial charge in [0.25, 0.3) is 0 Å². The van der Waals surface area contributed by atoms with Gasteiger partial charge in [-0.2, -0.15) is 59.8 Å². The Hall–Kier alpha value is -11.8. The van der Waals surface area contributed by atoms with Gasteiger partial charge in [-0.05, 0) is 183 Å². The van der Waals surface area contributed by atoms with E-state index >= 15 is 0 Å². The van der Waals surface area contributed by atoms with Crippen LogP contribution in [0.15, 0.2) is 261 Å². The van der Waals surface area contributed by atoms with Crippen LogP contribution >= 0.6 is 46.4 Å². The maximum Gasteiger partial charge on any atom is 0.313 e. The van der Waals surface area contributed by atoms with Crippen LogP contribution in [0.25, 0.3) is 113 Å². The molecule has 0 bridgehead atoms. The maximum atomic E-state index is 12.9. The standard InChI is InChI=1S/C33H22ClN3.C17H8ClN5.C15H8ClF2N3.C9H5ClFN3/c34-33-36-31(28-18-10-17-26(21-28)23-11-4-1-5-12-23)35-32(37-33)29-20-19-27(24-13-6-2-7-14-24)22-30(29)25-15-8-3-9-16-25;18-17-22-15(12-7-5-11(9-19)6-8-12)21-16(23-17)14-4-2-1-3-13(14)10-20;16-15-20-13(9-1-5-11(17)6-2-9)19-14(21-15)10-3-7-12(18)8-4-10;10-8-12-7(13-9(11)14-8)6-4-2-1-3-5-6/h1-22H;1-8H;1-8H;1-5H. The summed E-state index contributed by atoms with van der Waals surface area (Å²) < 4.78 is 38.7. The van der Waals surface area contributed by atoms with Gasteiger partial charge in [-0.1, -0.05) is 158 Å². The van der Waals surface area contributed by atoms with E-state index in [1.165, 1.54) is 24.3 Å². The molecule has 4 heterocycles. The molecule has 458 valence electrons. The van der Waals surface area contributed by atoms with E-state index in [9.17, 15) is 18.4 Å². The number of hydrogen-bond acceptors (Lipinski definition) is 14. The van der Waals surface area contributed by atoms with Crippen LogP contribution in [-0.4, -0.2) is 59.8 Å². The summed E-state index contributed by atoms with van der Waals surface area (Å²) >= 11 is 23.9. The smallest absolute Gasteiger partial charge is 0.208 e. The Morgan fingerprint density at radius 3 is 1.07 bits per heavy atom. The number of rotatable bonds is 10. The number of aromatic nitrogens is 12. The van der Waals surface area contributed by atoms with Gasteiger partial charge < -0.3 is 0 Å². The molecule has 0 aliphatic carbocycles.